The molecule has 16 heavy (non-hydrogen) atoms. The Bertz CT molecular complexity index is 341. The van der Waals surface area contributed by atoms with Gasteiger partial charge in [-0.05, 0) is 33.3 Å². The summed E-state index contributed by atoms with van der Waals surface area (Å²) in [7, 11) is 6.16. The van der Waals surface area contributed by atoms with Gasteiger partial charge >= 0.3 is 0 Å². The third-order valence-corrected chi connectivity index (χ3v) is 2.63. The minimum absolute atomic E-state index is 0.514. The lowest BCUT2D eigenvalue weighted by Gasteiger charge is -2.19. The molecule has 0 aromatic carbocycles. The van der Waals surface area contributed by atoms with Crippen molar-refractivity contribution in [2.45, 2.75) is 6.54 Å². The van der Waals surface area contributed by atoms with Gasteiger partial charge < -0.3 is 10.6 Å². The van der Waals surface area contributed by atoms with Gasteiger partial charge in [0, 0.05) is 19.6 Å². The van der Waals surface area contributed by atoms with Gasteiger partial charge in [-0.3, -0.25) is 4.90 Å². The van der Waals surface area contributed by atoms with Crippen molar-refractivity contribution in [1.29, 1.82) is 0 Å². The number of hydrogen-bond donors (Lipinski definition) is 1. The van der Waals surface area contributed by atoms with Gasteiger partial charge in [-0.1, -0.05) is 11.6 Å². The van der Waals surface area contributed by atoms with Crippen LogP contribution in [-0.2, 0) is 6.54 Å². The smallest absolute Gasteiger partial charge is 0.123 e. The van der Waals surface area contributed by atoms with Gasteiger partial charge in [0.25, 0.3) is 0 Å². The lowest BCUT2D eigenvalue weighted by atomic mass is 10.3. The van der Waals surface area contributed by atoms with Crippen LogP contribution in [0.2, 0.25) is 5.02 Å². The summed E-state index contributed by atoms with van der Waals surface area (Å²) in [5.74, 6) is 0.514. The predicted octanol–water partition coefficient (Wildman–Crippen LogP) is 1.31. The van der Waals surface area contributed by atoms with Gasteiger partial charge in [-0.25, -0.2) is 4.98 Å². The maximum absolute atomic E-state index is 6.05. The Morgan fingerprint density at radius 2 is 1.94 bits per heavy atom. The summed E-state index contributed by atoms with van der Waals surface area (Å²) in [4.78, 5) is 8.55. The fourth-order valence-electron chi connectivity index (χ4n) is 1.32. The van der Waals surface area contributed by atoms with Crippen LogP contribution in [0.15, 0.2) is 12.1 Å². The topological polar surface area (TPSA) is 45.4 Å². The first-order chi connectivity index (χ1) is 7.49. The lowest BCUT2D eigenvalue weighted by Crippen LogP contribution is -2.28. The van der Waals surface area contributed by atoms with Crippen LogP contribution in [-0.4, -0.2) is 49.0 Å². The van der Waals surface area contributed by atoms with Crippen LogP contribution in [0, 0.1) is 0 Å². The molecule has 0 saturated heterocycles. The van der Waals surface area contributed by atoms with E-state index in [9.17, 15) is 0 Å². The lowest BCUT2D eigenvalue weighted by molar-refractivity contribution is 0.274. The van der Waals surface area contributed by atoms with Crippen molar-refractivity contribution in [1.82, 2.24) is 14.8 Å². The SMILES string of the molecule is CN(C)CCN(C)Cc1nc(N)ccc1Cl. The monoisotopic (exact) mass is 242 g/mol. The molecule has 0 amide bonds. The number of nitrogens with zero attached hydrogens (tertiary/aromatic N) is 3. The largest absolute Gasteiger partial charge is 0.384 e. The van der Waals surface area contributed by atoms with E-state index < -0.39 is 0 Å². The standard InChI is InChI=1S/C11H19ClN4/c1-15(2)6-7-16(3)8-10-9(12)4-5-11(13)14-10/h4-5H,6-8H2,1-3H3,(H2,13,14). The number of aromatic nitrogens is 1. The normalized spacial score (nSPS) is 11.4. The molecular weight excluding hydrogens is 224 g/mol. The van der Waals surface area contributed by atoms with Crippen molar-refractivity contribution >= 4 is 17.4 Å². The van der Waals surface area contributed by atoms with E-state index in [0.29, 0.717) is 10.8 Å². The number of hydrogen-bond acceptors (Lipinski definition) is 4. The molecule has 0 aliphatic heterocycles. The highest BCUT2D eigenvalue weighted by molar-refractivity contribution is 6.31. The molecule has 0 aliphatic carbocycles. The zero-order valence-electron chi connectivity index (χ0n) is 10.1. The summed E-state index contributed by atoms with van der Waals surface area (Å²) in [6.45, 7) is 2.70. The summed E-state index contributed by atoms with van der Waals surface area (Å²) >= 11 is 6.05. The molecule has 90 valence electrons. The van der Waals surface area contributed by atoms with Crippen molar-refractivity contribution in [2.24, 2.45) is 0 Å². The second-order valence-electron chi connectivity index (χ2n) is 4.21. The highest BCUT2D eigenvalue weighted by Gasteiger charge is 2.06. The van der Waals surface area contributed by atoms with Gasteiger partial charge in [0.15, 0.2) is 0 Å². The second kappa shape index (κ2) is 6.03. The summed E-state index contributed by atoms with van der Waals surface area (Å²) in [6.07, 6.45) is 0. The molecule has 0 aliphatic rings. The minimum Gasteiger partial charge on any atom is -0.384 e. The molecule has 5 heteroatoms. The first-order valence-electron chi connectivity index (χ1n) is 5.23. The number of pyridine rings is 1. The summed E-state index contributed by atoms with van der Waals surface area (Å²) in [6, 6.07) is 3.50. The number of likely N-dealkylation sites (N-methyl/N-ethyl adjacent to an activating group) is 2. The average Bonchev–Trinajstić information content (AvgIpc) is 2.20. The first-order valence-corrected chi connectivity index (χ1v) is 5.61. The average molecular weight is 243 g/mol. The molecule has 0 saturated carbocycles. The van der Waals surface area contributed by atoms with E-state index in [4.69, 9.17) is 17.3 Å². The maximum Gasteiger partial charge on any atom is 0.123 e. The Labute approximate surface area is 102 Å². The molecule has 0 spiro atoms. The van der Waals surface area contributed by atoms with E-state index in [0.717, 1.165) is 25.3 Å². The van der Waals surface area contributed by atoms with Crippen LogP contribution < -0.4 is 5.73 Å². The Morgan fingerprint density at radius 3 is 2.56 bits per heavy atom. The highest BCUT2D eigenvalue weighted by Crippen LogP contribution is 2.16. The molecule has 0 fully saturated rings. The van der Waals surface area contributed by atoms with E-state index in [-0.39, 0.29) is 0 Å². The predicted molar refractivity (Wildman–Crippen MR) is 68.5 cm³/mol. The fraction of sp³-hybridized carbons (Fsp3) is 0.545. The number of nitrogen functional groups attached to an aromatic ring is 1. The fourth-order valence-corrected chi connectivity index (χ4v) is 1.48. The highest BCUT2D eigenvalue weighted by atomic mass is 35.5. The van der Waals surface area contributed by atoms with Crippen LogP contribution in [0.1, 0.15) is 5.69 Å². The van der Waals surface area contributed by atoms with Crippen molar-refractivity contribution in [3.05, 3.63) is 22.8 Å². The second-order valence-corrected chi connectivity index (χ2v) is 4.61. The van der Waals surface area contributed by atoms with Crippen molar-refractivity contribution in [3.63, 3.8) is 0 Å². The van der Waals surface area contributed by atoms with Gasteiger partial charge in [0.2, 0.25) is 0 Å². The molecule has 1 aromatic rings. The van der Waals surface area contributed by atoms with Crippen LogP contribution in [0.5, 0.6) is 0 Å². The molecule has 1 aromatic heterocycles. The third kappa shape index (κ3) is 4.35. The number of anilines is 1. The molecule has 0 bridgehead atoms. The van der Waals surface area contributed by atoms with E-state index in [1.807, 2.05) is 7.05 Å². The van der Waals surface area contributed by atoms with E-state index >= 15 is 0 Å². The molecule has 4 nitrogen and oxygen atoms in total. The number of halogens is 1. The molecule has 2 N–H and O–H groups in total. The molecule has 0 unspecified atom stereocenters. The van der Waals surface area contributed by atoms with Gasteiger partial charge in [-0.2, -0.15) is 0 Å². The molecular formula is C11H19ClN4. The van der Waals surface area contributed by atoms with Crippen molar-refractivity contribution in [2.75, 3.05) is 40.0 Å². The Balaban J connectivity index is 2.55. The van der Waals surface area contributed by atoms with Gasteiger partial charge in [0.1, 0.15) is 5.82 Å². The van der Waals surface area contributed by atoms with Gasteiger partial charge in [0.05, 0.1) is 10.7 Å². The van der Waals surface area contributed by atoms with Crippen LogP contribution in [0.3, 0.4) is 0 Å². The quantitative estimate of drug-likeness (QED) is 0.846. The van der Waals surface area contributed by atoms with Crippen molar-refractivity contribution < 1.29 is 0 Å². The summed E-state index contributed by atoms with van der Waals surface area (Å²) < 4.78 is 0. The van der Waals surface area contributed by atoms with Gasteiger partial charge in [-0.15, -0.1) is 0 Å². The Kier molecular flexibility index (Phi) is 4.99. The number of rotatable bonds is 5. The summed E-state index contributed by atoms with van der Waals surface area (Å²) in [5, 5.41) is 0.672. The maximum atomic E-state index is 6.05. The first kappa shape index (κ1) is 13.2. The van der Waals surface area contributed by atoms with E-state index in [1.54, 1.807) is 12.1 Å². The summed E-state index contributed by atoms with van der Waals surface area (Å²) in [5.41, 5.74) is 6.46. The van der Waals surface area contributed by atoms with Crippen LogP contribution in [0.4, 0.5) is 5.82 Å². The Hall–Kier alpha value is -0.840. The Morgan fingerprint density at radius 1 is 1.25 bits per heavy atom. The minimum atomic E-state index is 0.514. The molecule has 0 atom stereocenters. The molecule has 1 rings (SSSR count). The van der Waals surface area contributed by atoms with Crippen molar-refractivity contribution in [3.8, 4) is 0 Å². The van der Waals surface area contributed by atoms with Crippen LogP contribution in [0.25, 0.3) is 0 Å². The molecule has 0 radical (unpaired) electrons. The molecule has 1 heterocycles. The van der Waals surface area contributed by atoms with Crippen LogP contribution >= 0.6 is 11.6 Å². The van der Waals surface area contributed by atoms with E-state index in [2.05, 4.69) is 28.9 Å². The zero-order chi connectivity index (χ0) is 12.1. The van der Waals surface area contributed by atoms with E-state index in [1.165, 1.54) is 0 Å². The zero-order valence-corrected chi connectivity index (χ0v) is 10.8. The number of nitrogens with two attached hydrogens (primary N) is 1. The third-order valence-electron chi connectivity index (χ3n) is 2.29.